The highest BCUT2D eigenvalue weighted by atomic mass is 16.4. The molecular weight excluding hydrogens is 330 g/mol. The van der Waals surface area contributed by atoms with Gasteiger partial charge in [-0.15, -0.1) is 0 Å². The number of aromatic nitrogens is 2. The van der Waals surface area contributed by atoms with Crippen LogP contribution in [0.25, 0.3) is 0 Å². The van der Waals surface area contributed by atoms with Gasteiger partial charge in [-0.05, 0) is 25.0 Å². The lowest BCUT2D eigenvalue weighted by Gasteiger charge is -2.14. The second kappa shape index (κ2) is 7.72. The van der Waals surface area contributed by atoms with Crippen molar-refractivity contribution >= 4 is 11.9 Å². The Labute approximate surface area is 154 Å². The van der Waals surface area contributed by atoms with Gasteiger partial charge in [-0.25, -0.2) is 0 Å². The molecule has 2 N–H and O–H groups in total. The van der Waals surface area contributed by atoms with E-state index >= 15 is 0 Å². The van der Waals surface area contributed by atoms with E-state index in [2.05, 4.69) is 10.4 Å². The molecule has 140 valence electrons. The highest BCUT2D eigenvalue weighted by Crippen LogP contribution is 2.21. The summed E-state index contributed by atoms with van der Waals surface area (Å²) in [5, 5.41) is 16.6. The molecule has 0 spiro atoms. The zero-order valence-electron chi connectivity index (χ0n) is 16.0. The minimum absolute atomic E-state index is 0.0676. The first-order chi connectivity index (χ1) is 12.1. The van der Waals surface area contributed by atoms with Crippen molar-refractivity contribution in [1.29, 1.82) is 0 Å². The van der Waals surface area contributed by atoms with Crippen LogP contribution < -0.4 is 5.32 Å². The second-order valence-corrected chi connectivity index (χ2v) is 7.73. The Bertz CT molecular complexity index is 803. The molecule has 6 nitrogen and oxygen atoms in total. The summed E-state index contributed by atoms with van der Waals surface area (Å²) in [7, 11) is 1.71. The average molecular weight is 357 g/mol. The van der Waals surface area contributed by atoms with Crippen molar-refractivity contribution in [3.05, 3.63) is 52.8 Å². The van der Waals surface area contributed by atoms with Crippen LogP contribution in [-0.4, -0.2) is 33.3 Å². The van der Waals surface area contributed by atoms with E-state index in [1.54, 1.807) is 13.1 Å². The standard InChI is InChI=1S/C20H27N3O3/c1-13-7-6-8-14(9-13)10-15(19(25)26)12-21-18(24)16-11-17(20(2,3)4)22-23(16)5/h6-9,11,15H,10,12H2,1-5H3,(H,21,24)(H,25,26). The maximum atomic E-state index is 12.5. The fourth-order valence-electron chi connectivity index (χ4n) is 2.72. The summed E-state index contributed by atoms with van der Waals surface area (Å²) in [4.78, 5) is 24.0. The molecule has 0 saturated heterocycles. The molecule has 1 aromatic carbocycles. The third kappa shape index (κ3) is 4.94. The van der Waals surface area contributed by atoms with Crippen LogP contribution in [0.2, 0.25) is 0 Å². The Balaban J connectivity index is 2.06. The zero-order valence-corrected chi connectivity index (χ0v) is 16.0. The summed E-state index contributed by atoms with van der Waals surface area (Å²) in [6.07, 6.45) is 0.371. The van der Waals surface area contributed by atoms with E-state index in [1.165, 1.54) is 4.68 Å². The fourth-order valence-corrected chi connectivity index (χ4v) is 2.72. The van der Waals surface area contributed by atoms with Gasteiger partial charge >= 0.3 is 5.97 Å². The second-order valence-electron chi connectivity index (χ2n) is 7.73. The first-order valence-electron chi connectivity index (χ1n) is 8.69. The monoisotopic (exact) mass is 357 g/mol. The van der Waals surface area contributed by atoms with Gasteiger partial charge in [-0.2, -0.15) is 5.10 Å². The number of hydrogen-bond acceptors (Lipinski definition) is 3. The lowest BCUT2D eigenvalue weighted by atomic mass is 9.92. The van der Waals surface area contributed by atoms with Crippen molar-refractivity contribution < 1.29 is 14.7 Å². The molecule has 26 heavy (non-hydrogen) atoms. The molecule has 2 aromatic rings. The third-order valence-corrected chi connectivity index (χ3v) is 4.30. The van der Waals surface area contributed by atoms with Crippen LogP contribution in [0.4, 0.5) is 0 Å². The van der Waals surface area contributed by atoms with Gasteiger partial charge in [0.1, 0.15) is 5.69 Å². The number of benzene rings is 1. The molecule has 0 saturated carbocycles. The van der Waals surface area contributed by atoms with Crippen molar-refractivity contribution in [3.63, 3.8) is 0 Å². The summed E-state index contributed by atoms with van der Waals surface area (Å²) in [6.45, 7) is 8.12. The van der Waals surface area contributed by atoms with E-state index in [9.17, 15) is 14.7 Å². The van der Waals surface area contributed by atoms with Crippen LogP contribution in [0, 0.1) is 12.8 Å². The normalized spacial score (nSPS) is 12.7. The molecule has 1 unspecified atom stereocenters. The fraction of sp³-hybridized carbons (Fsp3) is 0.450. The van der Waals surface area contributed by atoms with E-state index in [4.69, 9.17) is 0 Å². The number of aryl methyl sites for hydroxylation is 2. The Hall–Kier alpha value is -2.63. The number of hydrogen-bond donors (Lipinski definition) is 2. The number of carboxylic acids is 1. The maximum absolute atomic E-state index is 12.5. The Kier molecular flexibility index (Phi) is 5.85. The molecule has 0 aliphatic carbocycles. The highest BCUT2D eigenvalue weighted by molar-refractivity contribution is 5.93. The predicted molar refractivity (Wildman–Crippen MR) is 100 cm³/mol. The SMILES string of the molecule is Cc1cccc(CC(CNC(=O)c2cc(C(C)(C)C)nn2C)C(=O)O)c1. The van der Waals surface area contributed by atoms with Crippen LogP contribution in [-0.2, 0) is 23.7 Å². The molecule has 0 fully saturated rings. The lowest BCUT2D eigenvalue weighted by molar-refractivity contribution is -0.141. The van der Waals surface area contributed by atoms with Crippen molar-refractivity contribution in [2.24, 2.45) is 13.0 Å². The summed E-state index contributed by atoms with van der Waals surface area (Å²) >= 11 is 0. The first-order valence-corrected chi connectivity index (χ1v) is 8.69. The number of aliphatic carboxylic acids is 1. The molecule has 0 aliphatic rings. The molecule has 1 heterocycles. The zero-order chi connectivity index (χ0) is 19.5. The van der Waals surface area contributed by atoms with Crippen molar-refractivity contribution in [1.82, 2.24) is 15.1 Å². The van der Waals surface area contributed by atoms with Crippen LogP contribution in [0.15, 0.2) is 30.3 Å². The lowest BCUT2D eigenvalue weighted by Crippen LogP contribution is -2.35. The molecule has 1 aromatic heterocycles. The summed E-state index contributed by atoms with van der Waals surface area (Å²) in [6, 6.07) is 9.50. The van der Waals surface area contributed by atoms with Crippen LogP contribution in [0.5, 0.6) is 0 Å². The van der Waals surface area contributed by atoms with Crippen LogP contribution in [0.1, 0.15) is 48.1 Å². The molecule has 2 rings (SSSR count). The first kappa shape index (κ1) is 19.7. The molecule has 0 aliphatic heterocycles. The van der Waals surface area contributed by atoms with Crippen LogP contribution >= 0.6 is 0 Å². The molecule has 0 radical (unpaired) electrons. The predicted octanol–water partition coefficient (Wildman–Crippen LogP) is 2.70. The molecule has 1 atom stereocenters. The topological polar surface area (TPSA) is 84.2 Å². The summed E-state index contributed by atoms with van der Waals surface area (Å²) < 4.78 is 1.53. The molecule has 0 bridgehead atoms. The number of amides is 1. The Morgan fingerprint density at radius 2 is 1.96 bits per heavy atom. The van der Waals surface area contributed by atoms with Gasteiger partial charge in [0, 0.05) is 19.0 Å². The van der Waals surface area contributed by atoms with Crippen molar-refractivity contribution in [2.45, 2.75) is 39.5 Å². The number of rotatable bonds is 6. The van der Waals surface area contributed by atoms with Gasteiger partial charge in [0.15, 0.2) is 0 Å². The summed E-state index contributed by atoms with van der Waals surface area (Å²) in [5.74, 6) is -1.92. The largest absolute Gasteiger partial charge is 0.481 e. The van der Waals surface area contributed by atoms with Crippen molar-refractivity contribution in [3.8, 4) is 0 Å². The third-order valence-electron chi connectivity index (χ3n) is 4.30. The van der Waals surface area contributed by atoms with E-state index in [1.807, 2.05) is 52.0 Å². The molecule has 6 heteroatoms. The number of carbonyl (C=O) groups excluding carboxylic acids is 1. The molecule has 1 amide bonds. The van der Waals surface area contributed by atoms with Gasteiger partial charge in [0.25, 0.3) is 5.91 Å². The Morgan fingerprint density at radius 3 is 2.50 bits per heavy atom. The van der Waals surface area contributed by atoms with Crippen LogP contribution in [0.3, 0.4) is 0 Å². The minimum atomic E-state index is -0.924. The van der Waals surface area contributed by atoms with Crippen molar-refractivity contribution in [2.75, 3.05) is 6.54 Å². The minimum Gasteiger partial charge on any atom is -0.481 e. The van der Waals surface area contributed by atoms with Gasteiger partial charge in [0.2, 0.25) is 0 Å². The average Bonchev–Trinajstić information content (AvgIpc) is 2.93. The van der Waals surface area contributed by atoms with E-state index in [0.717, 1.165) is 16.8 Å². The summed E-state index contributed by atoms with van der Waals surface area (Å²) in [5.41, 5.74) is 3.11. The smallest absolute Gasteiger partial charge is 0.308 e. The maximum Gasteiger partial charge on any atom is 0.308 e. The van der Waals surface area contributed by atoms with E-state index in [0.29, 0.717) is 12.1 Å². The van der Waals surface area contributed by atoms with Gasteiger partial charge in [-0.1, -0.05) is 50.6 Å². The Morgan fingerprint density at radius 1 is 1.27 bits per heavy atom. The number of carboxylic acid groups (broad SMARTS) is 1. The molecular formula is C20H27N3O3. The number of nitrogens with one attached hydrogen (secondary N) is 1. The highest BCUT2D eigenvalue weighted by Gasteiger charge is 2.23. The quantitative estimate of drug-likeness (QED) is 0.832. The van der Waals surface area contributed by atoms with Gasteiger partial charge < -0.3 is 10.4 Å². The number of nitrogens with zero attached hydrogens (tertiary/aromatic N) is 2. The van der Waals surface area contributed by atoms with E-state index in [-0.39, 0.29) is 17.9 Å². The number of carbonyl (C=O) groups is 2. The van der Waals surface area contributed by atoms with E-state index < -0.39 is 11.9 Å². The van der Waals surface area contributed by atoms with Gasteiger partial charge in [-0.3, -0.25) is 14.3 Å². The van der Waals surface area contributed by atoms with Gasteiger partial charge in [0.05, 0.1) is 11.6 Å².